The Morgan fingerprint density at radius 2 is 2.12 bits per heavy atom. The largest absolute Gasteiger partial charge is 0.315 e. The monoisotopic (exact) mass is 218 g/mol. The standard InChI is InChI=1S/C13H15FN2/c14-12-4-2-1-3-11(12)5-8-16-10-13(9-15)6-7-13/h1-4,16H,5-8,10H2. The van der Waals surface area contributed by atoms with Crippen LogP contribution in [0.4, 0.5) is 4.39 Å². The maximum absolute atomic E-state index is 13.2. The van der Waals surface area contributed by atoms with Crippen molar-refractivity contribution in [1.82, 2.24) is 5.32 Å². The van der Waals surface area contributed by atoms with E-state index in [0.29, 0.717) is 6.42 Å². The van der Waals surface area contributed by atoms with Crippen molar-refractivity contribution in [1.29, 1.82) is 5.26 Å². The fourth-order valence-electron chi connectivity index (χ4n) is 1.73. The molecule has 1 aromatic carbocycles. The van der Waals surface area contributed by atoms with E-state index in [1.165, 1.54) is 6.07 Å². The second-order valence-electron chi connectivity index (χ2n) is 4.41. The Morgan fingerprint density at radius 1 is 1.38 bits per heavy atom. The minimum atomic E-state index is -0.147. The van der Waals surface area contributed by atoms with Gasteiger partial charge in [-0.1, -0.05) is 18.2 Å². The topological polar surface area (TPSA) is 35.8 Å². The lowest BCUT2D eigenvalue weighted by Gasteiger charge is -2.08. The van der Waals surface area contributed by atoms with Crippen molar-refractivity contribution in [2.24, 2.45) is 5.41 Å². The van der Waals surface area contributed by atoms with Crippen LogP contribution in [0.1, 0.15) is 18.4 Å². The highest BCUT2D eigenvalue weighted by Crippen LogP contribution is 2.43. The summed E-state index contributed by atoms with van der Waals surface area (Å²) in [5.74, 6) is -0.147. The summed E-state index contributed by atoms with van der Waals surface area (Å²) in [6, 6.07) is 9.14. The Hall–Kier alpha value is -1.40. The van der Waals surface area contributed by atoms with Crippen LogP contribution in [0.25, 0.3) is 0 Å². The Labute approximate surface area is 95.1 Å². The fraction of sp³-hybridized carbons (Fsp3) is 0.462. The molecule has 2 rings (SSSR count). The number of hydrogen-bond acceptors (Lipinski definition) is 2. The summed E-state index contributed by atoms with van der Waals surface area (Å²) in [5, 5.41) is 12.1. The number of benzene rings is 1. The highest BCUT2D eigenvalue weighted by Gasteiger charge is 2.42. The number of hydrogen-bond donors (Lipinski definition) is 1. The van der Waals surface area contributed by atoms with Crippen molar-refractivity contribution >= 4 is 0 Å². The van der Waals surface area contributed by atoms with Crippen LogP contribution in [0.3, 0.4) is 0 Å². The summed E-state index contributed by atoms with van der Waals surface area (Å²) in [5.41, 5.74) is 0.617. The van der Waals surface area contributed by atoms with Gasteiger partial charge in [-0.15, -0.1) is 0 Å². The SMILES string of the molecule is N#CC1(CNCCc2ccccc2F)CC1. The van der Waals surface area contributed by atoms with Gasteiger partial charge in [-0.05, 0) is 37.4 Å². The molecule has 2 nitrogen and oxygen atoms in total. The maximum Gasteiger partial charge on any atom is 0.126 e. The minimum Gasteiger partial charge on any atom is -0.315 e. The highest BCUT2D eigenvalue weighted by atomic mass is 19.1. The van der Waals surface area contributed by atoms with E-state index in [2.05, 4.69) is 11.4 Å². The average Bonchev–Trinajstić information content (AvgIpc) is 3.07. The molecule has 0 aromatic heterocycles. The molecule has 3 heteroatoms. The van der Waals surface area contributed by atoms with Crippen LogP contribution >= 0.6 is 0 Å². The molecule has 0 bridgehead atoms. The molecule has 0 saturated heterocycles. The molecular weight excluding hydrogens is 203 g/mol. The first-order valence-electron chi connectivity index (χ1n) is 5.61. The molecular formula is C13H15FN2. The van der Waals surface area contributed by atoms with Gasteiger partial charge in [0.25, 0.3) is 0 Å². The van der Waals surface area contributed by atoms with Crippen LogP contribution in [0.5, 0.6) is 0 Å². The molecule has 0 aliphatic heterocycles. The predicted molar refractivity (Wildman–Crippen MR) is 60.3 cm³/mol. The van der Waals surface area contributed by atoms with E-state index in [0.717, 1.165) is 31.5 Å². The molecule has 1 aliphatic rings. The molecule has 1 aromatic rings. The fourth-order valence-corrected chi connectivity index (χ4v) is 1.73. The zero-order valence-corrected chi connectivity index (χ0v) is 9.17. The van der Waals surface area contributed by atoms with Crippen LogP contribution in [-0.4, -0.2) is 13.1 Å². The summed E-state index contributed by atoms with van der Waals surface area (Å²) in [6.07, 6.45) is 2.67. The van der Waals surface area contributed by atoms with E-state index in [4.69, 9.17) is 5.26 Å². The van der Waals surface area contributed by atoms with Crippen LogP contribution in [0.15, 0.2) is 24.3 Å². The summed E-state index contributed by atoms with van der Waals surface area (Å²) in [7, 11) is 0. The van der Waals surface area contributed by atoms with Crippen LogP contribution in [0.2, 0.25) is 0 Å². The lowest BCUT2D eigenvalue weighted by atomic mass is 10.1. The Balaban J connectivity index is 1.73. The molecule has 1 saturated carbocycles. The van der Waals surface area contributed by atoms with Crippen molar-refractivity contribution < 1.29 is 4.39 Å². The third kappa shape index (κ3) is 2.59. The second-order valence-corrected chi connectivity index (χ2v) is 4.41. The molecule has 0 atom stereocenters. The number of rotatable bonds is 5. The van der Waals surface area contributed by atoms with E-state index < -0.39 is 0 Å². The van der Waals surface area contributed by atoms with Crippen molar-refractivity contribution in [3.63, 3.8) is 0 Å². The zero-order valence-electron chi connectivity index (χ0n) is 9.17. The third-order valence-corrected chi connectivity index (χ3v) is 3.08. The van der Waals surface area contributed by atoms with E-state index in [9.17, 15) is 4.39 Å². The van der Waals surface area contributed by atoms with E-state index in [1.54, 1.807) is 12.1 Å². The van der Waals surface area contributed by atoms with Gasteiger partial charge in [-0.3, -0.25) is 0 Å². The average molecular weight is 218 g/mol. The van der Waals surface area contributed by atoms with Gasteiger partial charge in [0, 0.05) is 6.54 Å². The molecule has 1 N–H and O–H groups in total. The van der Waals surface area contributed by atoms with Gasteiger partial charge in [0.1, 0.15) is 5.82 Å². The van der Waals surface area contributed by atoms with Gasteiger partial charge in [0.2, 0.25) is 0 Å². The maximum atomic E-state index is 13.2. The molecule has 0 heterocycles. The van der Waals surface area contributed by atoms with Gasteiger partial charge < -0.3 is 5.32 Å². The molecule has 84 valence electrons. The molecule has 0 amide bonds. The Bertz CT molecular complexity index is 405. The lowest BCUT2D eigenvalue weighted by molar-refractivity contribution is 0.550. The van der Waals surface area contributed by atoms with Crippen molar-refractivity contribution in [3.8, 4) is 6.07 Å². The first-order chi connectivity index (χ1) is 7.76. The number of nitrogens with zero attached hydrogens (tertiary/aromatic N) is 1. The molecule has 1 fully saturated rings. The van der Waals surface area contributed by atoms with Gasteiger partial charge in [0.15, 0.2) is 0 Å². The summed E-state index contributed by atoms with van der Waals surface area (Å²) in [6.45, 7) is 1.46. The quantitative estimate of drug-likeness (QED) is 0.769. The van der Waals surface area contributed by atoms with Crippen molar-refractivity contribution in [3.05, 3.63) is 35.6 Å². The second kappa shape index (κ2) is 4.63. The van der Waals surface area contributed by atoms with Crippen molar-refractivity contribution in [2.45, 2.75) is 19.3 Å². The molecule has 0 radical (unpaired) electrons. The summed E-state index contributed by atoms with van der Waals surface area (Å²) < 4.78 is 13.2. The van der Waals surface area contributed by atoms with Crippen LogP contribution < -0.4 is 5.32 Å². The number of nitrogens with one attached hydrogen (secondary N) is 1. The van der Waals surface area contributed by atoms with Gasteiger partial charge >= 0.3 is 0 Å². The van der Waals surface area contributed by atoms with Crippen LogP contribution in [-0.2, 0) is 6.42 Å². The predicted octanol–water partition coefficient (Wildman–Crippen LogP) is 2.26. The Morgan fingerprint density at radius 3 is 2.75 bits per heavy atom. The third-order valence-electron chi connectivity index (χ3n) is 3.08. The zero-order chi connectivity index (χ0) is 11.4. The normalized spacial score (nSPS) is 16.8. The lowest BCUT2D eigenvalue weighted by Crippen LogP contribution is -2.25. The van der Waals surface area contributed by atoms with Crippen molar-refractivity contribution in [2.75, 3.05) is 13.1 Å². The minimum absolute atomic E-state index is 0.116. The van der Waals surface area contributed by atoms with E-state index >= 15 is 0 Å². The molecule has 16 heavy (non-hydrogen) atoms. The number of nitriles is 1. The van der Waals surface area contributed by atoms with Gasteiger partial charge in [0.05, 0.1) is 11.5 Å². The highest BCUT2D eigenvalue weighted by molar-refractivity contribution is 5.17. The smallest absolute Gasteiger partial charge is 0.126 e. The summed E-state index contributed by atoms with van der Waals surface area (Å²) in [4.78, 5) is 0. The van der Waals surface area contributed by atoms with E-state index in [-0.39, 0.29) is 11.2 Å². The first-order valence-corrected chi connectivity index (χ1v) is 5.61. The Kier molecular flexibility index (Phi) is 3.21. The summed E-state index contributed by atoms with van der Waals surface area (Å²) >= 11 is 0. The molecule has 0 unspecified atom stereocenters. The molecule has 1 aliphatic carbocycles. The first kappa shape index (κ1) is 11.1. The van der Waals surface area contributed by atoms with Gasteiger partial charge in [-0.25, -0.2) is 4.39 Å². The molecule has 0 spiro atoms. The van der Waals surface area contributed by atoms with Crippen LogP contribution in [0, 0.1) is 22.6 Å². The van der Waals surface area contributed by atoms with E-state index in [1.807, 2.05) is 6.07 Å². The van der Waals surface area contributed by atoms with Gasteiger partial charge in [-0.2, -0.15) is 5.26 Å². The number of halogens is 1.